The Labute approximate surface area is 125 Å². The molecule has 1 aromatic heterocycles. The van der Waals surface area contributed by atoms with E-state index in [1.54, 1.807) is 0 Å². The van der Waals surface area contributed by atoms with Crippen molar-refractivity contribution in [2.75, 3.05) is 24.2 Å². The van der Waals surface area contributed by atoms with E-state index in [-0.39, 0.29) is 11.9 Å². The van der Waals surface area contributed by atoms with Gasteiger partial charge in [-0.1, -0.05) is 38.5 Å². The highest BCUT2D eigenvalue weighted by atomic mass is 32.1. The molecule has 0 spiro atoms. The average molecular weight is 298 g/mol. The Morgan fingerprint density at radius 1 is 1.40 bits per heavy atom. The van der Waals surface area contributed by atoms with Crippen LogP contribution in [0.4, 0.5) is 10.9 Å². The summed E-state index contributed by atoms with van der Waals surface area (Å²) in [5.41, 5.74) is 5.88. The lowest BCUT2D eigenvalue weighted by molar-refractivity contribution is 0.0938. The van der Waals surface area contributed by atoms with Gasteiger partial charge in [-0.3, -0.25) is 4.79 Å². The molecule has 1 aromatic rings. The van der Waals surface area contributed by atoms with Crippen molar-refractivity contribution in [3.63, 3.8) is 0 Å². The van der Waals surface area contributed by atoms with E-state index in [0.717, 1.165) is 37.4 Å². The van der Waals surface area contributed by atoms with Crippen LogP contribution in [-0.4, -0.2) is 30.5 Å². The molecule has 0 fully saturated rings. The zero-order chi connectivity index (χ0) is 15.1. The largest absolute Gasteiger partial charge is 0.382 e. The van der Waals surface area contributed by atoms with Crippen molar-refractivity contribution in [2.45, 2.75) is 52.5 Å². The van der Waals surface area contributed by atoms with Crippen LogP contribution in [0.1, 0.15) is 56.1 Å². The highest BCUT2D eigenvalue weighted by molar-refractivity contribution is 7.18. The van der Waals surface area contributed by atoms with E-state index in [1.807, 2.05) is 11.9 Å². The molecule has 20 heavy (non-hydrogen) atoms. The van der Waals surface area contributed by atoms with Crippen LogP contribution in [0, 0.1) is 0 Å². The van der Waals surface area contributed by atoms with E-state index in [9.17, 15) is 4.79 Å². The number of nitrogen functional groups attached to an aromatic ring is 1. The van der Waals surface area contributed by atoms with Crippen LogP contribution in [0.2, 0.25) is 0 Å². The maximum Gasteiger partial charge on any atom is 0.265 e. The van der Waals surface area contributed by atoms with Gasteiger partial charge in [-0.05, 0) is 19.3 Å². The number of thiazole rings is 1. The smallest absolute Gasteiger partial charge is 0.265 e. The minimum Gasteiger partial charge on any atom is -0.382 e. The van der Waals surface area contributed by atoms with Crippen molar-refractivity contribution in [1.29, 1.82) is 0 Å². The number of carbonyl (C=O) groups is 1. The second kappa shape index (κ2) is 8.09. The lowest BCUT2D eigenvalue weighted by Crippen LogP contribution is -2.34. The maximum absolute atomic E-state index is 12.3. The molecular weight excluding hydrogens is 272 g/mol. The topological polar surface area (TPSA) is 71.2 Å². The van der Waals surface area contributed by atoms with E-state index in [4.69, 9.17) is 5.73 Å². The molecule has 3 N–H and O–H groups in total. The summed E-state index contributed by atoms with van der Waals surface area (Å²) < 4.78 is 0. The van der Waals surface area contributed by atoms with Crippen molar-refractivity contribution in [3.05, 3.63) is 4.88 Å². The predicted molar refractivity (Wildman–Crippen MR) is 86.5 cm³/mol. The number of nitrogens with two attached hydrogens (primary N) is 1. The van der Waals surface area contributed by atoms with Gasteiger partial charge < -0.3 is 16.0 Å². The quantitative estimate of drug-likeness (QED) is 0.774. The first-order valence-corrected chi connectivity index (χ1v) is 8.13. The van der Waals surface area contributed by atoms with E-state index >= 15 is 0 Å². The molecule has 1 unspecified atom stereocenters. The van der Waals surface area contributed by atoms with Crippen molar-refractivity contribution < 1.29 is 4.79 Å². The summed E-state index contributed by atoms with van der Waals surface area (Å²) in [6.45, 7) is 7.21. The Kier molecular flexibility index (Phi) is 6.78. The zero-order valence-corrected chi connectivity index (χ0v) is 13.7. The molecule has 0 aliphatic rings. The number of carbonyl (C=O) groups excluding carboxylic acids is 1. The Hall–Kier alpha value is -1.30. The Morgan fingerprint density at radius 3 is 2.65 bits per heavy atom. The molecule has 114 valence electrons. The van der Waals surface area contributed by atoms with Crippen LogP contribution in [0.3, 0.4) is 0 Å². The Bertz CT molecular complexity index is 433. The fraction of sp³-hybridized carbons (Fsp3) is 0.714. The Balaban J connectivity index is 2.77. The minimum atomic E-state index is -0.101. The molecule has 1 rings (SSSR count). The van der Waals surface area contributed by atoms with Gasteiger partial charge in [0, 0.05) is 19.6 Å². The van der Waals surface area contributed by atoms with Crippen LogP contribution in [0.5, 0.6) is 0 Å². The summed E-state index contributed by atoms with van der Waals surface area (Å²) in [5.74, 6) is 0.230. The third kappa shape index (κ3) is 4.37. The SMILES string of the molecule is CCCC(CC)NC(=O)c1sc(N(C)CCC)nc1N. The molecule has 0 bridgehead atoms. The molecule has 0 aromatic carbocycles. The van der Waals surface area contributed by atoms with E-state index in [2.05, 4.69) is 31.1 Å². The summed E-state index contributed by atoms with van der Waals surface area (Å²) in [5, 5.41) is 3.85. The molecule has 0 aliphatic carbocycles. The fourth-order valence-corrected chi connectivity index (χ4v) is 2.93. The normalized spacial score (nSPS) is 12.2. The predicted octanol–water partition coefficient (Wildman–Crippen LogP) is 2.88. The van der Waals surface area contributed by atoms with Crippen molar-refractivity contribution >= 4 is 28.2 Å². The number of anilines is 2. The molecule has 1 atom stereocenters. The number of hydrogen-bond donors (Lipinski definition) is 2. The van der Waals surface area contributed by atoms with Crippen molar-refractivity contribution in [2.24, 2.45) is 0 Å². The van der Waals surface area contributed by atoms with Gasteiger partial charge in [0.25, 0.3) is 5.91 Å². The molecule has 0 saturated carbocycles. The van der Waals surface area contributed by atoms with Crippen LogP contribution in [0.15, 0.2) is 0 Å². The third-order valence-electron chi connectivity index (χ3n) is 3.20. The van der Waals surface area contributed by atoms with Gasteiger partial charge in [-0.2, -0.15) is 0 Å². The molecule has 0 aliphatic heterocycles. The summed E-state index contributed by atoms with van der Waals surface area (Å²) in [7, 11) is 1.97. The minimum absolute atomic E-state index is 0.101. The van der Waals surface area contributed by atoms with Gasteiger partial charge in [-0.25, -0.2) is 4.98 Å². The van der Waals surface area contributed by atoms with Gasteiger partial charge in [-0.15, -0.1) is 0 Å². The second-order valence-corrected chi connectivity index (χ2v) is 5.98. The number of nitrogens with zero attached hydrogens (tertiary/aromatic N) is 2. The number of rotatable bonds is 8. The highest BCUT2D eigenvalue weighted by Gasteiger charge is 2.19. The Morgan fingerprint density at radius 2 is 2.10 bits per heavy atom. The van der Waals surface area contributed by atoms with E-state index in [1.165, 1.54) is 11.3 Å². The average Bonchev–Trinajstić information content (AvgIpc) is 2.80. The summed E-state index contributed by atoms with van der Waals surface area (Å²) >= 11 is 1.36. The number of amides is 1. The first kappa shape index (κ1) is 16.8. The molecule has 5 nitrogen and oxygen atoms in total. The van der Waals surface area contributed by atoms with Gasteiger partial charge in [0.1, 0.15) is 10.7 Å². The van der Waals surface area contributed by atoms with E-state index in [0.29, 0.717) is 10.7 Å². The van der Waals surface area contributed by atoms with Crippen molar-refractivity contribution in [3.8, 4) is 0 Å². The monoisotopic (exact) mass is 298 g/mol. The summed E-state index contributed by atoms with van der Waals surface area (Å²) in [6, 6.07) is 0.214. The standard InChI is InChI=1S/C14H26N4OS/c1-5-8-10(7-3)16-13(19)11-12(15)17-14(20-11)18(4)9-6-2/h10H,5-9,15H2,1-4H3,(H,16,19). The van der Waals surface area contributed by atoms with Crippen molar-refractivity contribution in [1.82, 2.24) is 10.3 Å². The highest BCUT2D eigenvalue weighted by Crippen LogP contribution is 2.27. The summed E-state index contributed by atoms with van der Waals surface area (Å²) in [4.78, 5) is 19.1. The molecule has 0 saturated heterocycles. The molecule has 1 heterocycles. The molecule has 1 amide bonds. The number of nitrogens with one attached hydrogen (secondary N) is 1. The first-order chi connectivity index (χ1) is 9.53. The lowest BCUT2D eigenvalue weighted by atomic mass is 10.1. The zero-order valence-electron chi connectivity index (χ0n) is 12.9. The van der Waals surface area contributed by atoms with Gasteiger partial charge in [0.05, 0.1) is 0 Å². The number of hydrogen-bond acceptors (Lipinski definition) is 5. The molecule has 6 heteroatoms. The van der Waals surface area contributed by atoms with Gasteiger partial charge in [0.15, 0.2) is 5.13 Å². The van der Waals surface area contributed by atoms with E-state index < -0.39 is 0 Å². The number of aromatic nitrogens is 1. The van der Waals surface area contributed by atoms with Crippen LogP contribution < -0.4 is 16.0 Å². The fourth-order valence-electron chi connectivity index (χ4n) is 2.05. The van der Waals surface area contributed by atoms with Crippen LogP contribution in [0.25, 0.3) is 0 Å². The second-order valence-electron chi connectivity index (χ2n) is 5.00. The molecule has 0 radical (unpaired) electrons. The van der Waals surface area contributed by atoms with Crippen LogP contribution in [-0.2, 0) is 0 Å². The first-order valence-electron chi connectivity index (χ1n) is 7.31. The molecular formula is C14H26N4OS. The van der Waals surface area contributed by atoms with Gasteiger partial charge in [0.2, 0.25) is 0 Å². The van der Waals surface area contributed by atoms with Crippen LogP contribution >= 0.6 is 11.3 Å². The third-order valence-corrected chi connectivity index (χ3v) is 4.38. The summed E-state index contributed by atoms with van der Waals surface area (Å²) in [6.07, 6.45) is 4.01. The lowest BCUT2D eigenvalue weighted by Gasteiger charge is -2.15. The maximum atomic E-state index is 12.3. The van der Waals surface area contributed by atoms with Gasteiger partial charge >= 0.3 is 0 Å².